The molecule has 1 aromatic rings. The number of nitrogens with one attached hydrogen (secondary N) is 1. The van der Waals surface area contributed by atoms with Crippen LogP contribution >= 0.6 is 0 Å². The van der Waals surface area contributed by atoms with Crippen molar-refractivity contribution in [3.05, 3.63) is 23.8 Å². The minimum Gasteiger partial charge on any atom is -0.495 e. The highest BCUT2D eigenvalue weighted by Crippen LogP contribution is 2.22. The molecule has 1 amide bonds. The molecule has 6 heteroatoms. The monoisotopic (exact) mass is 282 g/mol. The van der Waals surface area contributed by atoms with Crippen LogP contribution in [0.5, 0.6) is 5.75 Å². The van der Waals surface area contributed by atoms with Gasteiger partial charge in [-0.15, -0.1) is 0 Å². The quantitative estimate of drug-likeness (QED) is 0.448. The predicted molar refractivity (Wildman–Crippen MR) is 76.6 cm³/mol. The van der Waals surface area contributed by atoms with Crippen LogP contribution in [0.1, 0.15) is 12.0 Å². The highest BCUT2D eigenvalue weighted by Gasteiger charge is 2.04. The minimum atomic E-state index is -0.0352. The average Bonchev–Trinajstić information content (AvgIpc) is 2.45. The lowest BCUT2D eigenvalue weighted by atomic mass is 10.1. The van der Waals surface area contributed by atoms with Gasteiger partial charge in [0.05, 0.1) is 32.6 Å². The standard InChI is InChI=1S/C14H22N2O4/c1-19-13-4-2-11(10-12(13)15)3-5-14(18)16-6-8-20-9-7-17/h2,4,10,17H,3,5-9,15H2,1H3,(H,16,18). The summed E-state index contributed by atoms with van der Waals surface area (Å²) in [6, 6.07) is 5.51. The first kappa shape index (κ1) is 16.3. The molecule has 0 aliphatic heterocycles. The van der Waals surface area contributed by atoms with Crippen molar-refractivity contribution in [2.24, 2.45) is 0 Å². The van der Waals surface area contributed by atoms with E-state index in [0.717, 1.165) is 5.56 Å². The molecule has 0 bridgehead atoms. The summed E-state index contributed by atoms with van der Waals surface area (Å²) in [4.78, 5) is 11.6. The van der Waals surface area contributed by atoms with Gasteiger partial charge < -0.3 is 25.6 Å². The Bertz CT molecular complexity index is 424. The molecule has 0 radical (unpaired) electrons. The first-order chi connectivity index (χ1) is 9.67. The van der Waals surface area contributed by atoms with E-state index in [9.17, 15) is 4.79 Å². The number of aliphatic hydroxyl groups excluding tert-OH is 1. The number of amides is 1. The van der Waals surface area contributed by atoms with E-state index >= 15 is 0 Å². The zero-order chi connectivity index (χ0) is 14.8. The summed E-state index contributed by atoms with van der Waals surface area (Å²) in [5.41, 5.74) is 7.37. The Balaban J connectivity index is 2.25. The van der Waals surface area contributed by atoms with Crippen molar-refractivity contribution in [2.45, 2.75) is 12.8 Å². The van der Waals surface area contributed by atoms with Crippen LogP contribution in [0, 0.1) is 0 Å². The van der Waals surface area contributed by atoms with Gasteiger partial charge in [0.2, 0.25) is 5.91 Å². The topological polar surface area (TPSA) is 93.8 Å². The van der Waals surface area contributed by atoms with Crippen LogP contribution in [0.4, 0.5) is 5.69 Å². The third kappa shape index (κ3) is 5.90. The molecule has 0 unspecified atom stereocenters. The van der Waals surface area contributed by atoms with Gasteiger partial charge in [-0.25, -0.2) is 0 Å². The summed E-state index contributed by atoms with van der Waals surface area (Å²) < 4.78 is 10.1. The molecule has 112 valence electrons. The van der Waals surface area contributed by atoms with E-state index in [4.69, 9.17) is 20.3 Å². The van der Waals surface area contributed by atoms with E-state index < -0.39 is 0 Å². The number of methoxy groups -OCH3 is 1. The number of aryl methyl sites for hydroxylation is 1. The molecular formula is C14H22N2O4. The summed E-state index contributed by atoms with van der Waals surface area (Å²) in [5.74, 6) is 0.603. The molecule has 0 aliphatic rings. The van der Waals surface area contributed by atoms with Crippen LogP contribution in [0.25, 0.3) is 0 Å². The predicted octanol–water partition coefficient (Wildman–Crippen LogP) is 0.335. The smallest absolute Gasteiger partial charge is 0.220 e. The Morgan fingerprint density at radius 3 is 2.85 bits per heavy atom. The van der Waals surface area contributed by atoms with Gasteiger partial charge in [0.25, 0.3) is 0 Å². The van der Waals surface area contributed by atoms with Crippen molar-refractivity contribution in [3.63, 3.8) is 0 Å². The average molecular weight is 282 g/mol. The van der Waals surface area contributed by atoms with E-state index in [-0.39, 0.29) is 12.5 Å². The molecule has 0 saturated heterocycles. The maximum atomic E-state index is 11.6. The van der Waals surface area contributed by atoms with E-state index in [1.807, 2.05) is 12.1 Å². The fourth-order valence-corrected chi connectivity index (χ4v) is 1.71. The van der Waals surface area contributed by atoms with Gasteiger partial charge in [-0.1, -0.05) is 6.07 Å². The highest BCUT2D eigenvalue weighted by molar-refractivity contribution is 5.76. The molecule has 0 aliphatic carbocycles. The molecule has 0 spiro atoms. The minimum absolute atomic E-state index is 0.00711. The third-order valence-corrected chi connectivity index (χ3v) is 2.74. The van der Waals surface area contributed by atoms with Crippen LogP contribution in [0.3, 0.4) is 0 Å². The van der Waals surface area contributed by atoms with Crippen LogP contribution in [0.15, 0.2) is 18.2 Å². The van der Waals surface area contributed by atoms with Gasteiger partial charge >= 0.3 is 0 Å². The normalized spacial score (nSPS) is 10.3. The van der Waals surface area contributed by atoms with Gasteiger partial charge in [-0.05, 0) is 24.1 Å². The van der Waals surface area contributed by atoms with Crippen molar-refractivity contribution in [1.29, 1.82) is 0 Å². The van der Waals surface area contributed by atoms with Crippen molar-refractivity contribution in [3.8, 4) is 5.75 Å². The Morgan fingerprint density at radius 2 is 2.20 bits per heavy atom. The van der Waals surface area contributed by atoms with Crippen molar-refractivity contribution < 1.29 is 19.4 Å². The number of hydrogen-bond donors (Lipinski definition) is 3. The first-order valence-corrected chi connectivity index (χ1v) is 6.55. The first-order valence-electron chi connectivity index (χ1n) is 6.55. The van der Waals surface area contributed by atoms with Crippen LogP contribution < -0.4 is 15.8 Å². The SMILES string of the molecule is COc1ccc(CCC(=O)NCCOCCO)cc1N. The fraction of sp³-hybridized carbons (Fsp3) is 0.500. The zero-order valence-electron chi connectivity index (χ0n) is 11.7. The summed E-state index contributed by atoms with van der Waals surface area (Å²) >= 11 is 0. The van der Waals surface area contributed by atoms with Gasteiger partial charge in [0.1, 0.15) is 5.75 Å². The number of rotatable bonds is 9. The Kier molecular flexibility index (Phi) is 7.46. The molecule has 0 fully saturated rings. The van der Waals surface area contributed by atoms with Gasteiger partial charge in [-0.3, -0.25) is 4.79 Å². The molecular weight excluding hydrogens is 260 g/mol. The fourth-order valence-electron chi connectivity index (χ4n) is 1.71. The molecule has 20 heavy (non-hydrogen) atoms. The third-order valence-electron chi connectivity index (χ3n) is 2.74. The van der Waals surface area contributed by atoms with E-state index in [1.54, 1.807) is 13.2 Å². The lowest BCUT2D eigenvalue weighted by molar-refractivity contribution is -0.121. The molecule has 6 nitrogen and oxygen atoms in total. The van der Waals surface area contributed by atoms with E-state index in [0.29, 0.717) is 44.0 Å². The Labute approximate surface area is 118 Å². The molecule has 1 aromatic carbocycles. The van der Waals surface area contributed by atoms with Crippen molar-refractivity contribution in [1.82, 2.24) is 5.32 Å². The van der Waals surface area contributed by atoms with Crippen LogP contribution in [-0.2, 0) is 16.0 Å². The maximum Gasteiger partial charge on any atom is 0.220 e. The van der Waals surface area contributed by atoms with Crippen molar-refractivity contribution in [2.75, 3.05) is 39.2 Å². The maximum absolute atomic E-state index is 11.6. The highest BCUT2D eigenvalue weighted by atomic mass is 16.5. The molecule has 4 N–H and O–H groups in total. The summed E-state index contributed by atoms with van der Waals surface area (Å²) in [6.45, 7) is 1.14. The summed E-state index contributed by atoms with van der Waals surface area (Å²) in [6.07, 6.45) is 1.02. The number of hydrogen-bond acceptors (Lipinski definition) is 5. The van der Waals surface area contributed by atoms with E-state index in [1.165, 1.54) is 0 Å². The lowest BCUT2D eigenvalue weighted by Gasteiger charge is -2.08. The second-order valence-corrected chi connectivity index (χ2v) is 4.26. The number of anilines is 1. The number of nitrogen functional groups attached to an aromatic ring is 1. The molecule has 0 saturated carbocycles. The molecule has 1 rings (SSSR count). The largest absolute Gasteiger partial charge is 0.495 e. The molecule has 0 heterocycles. The zero-order valence-corrected chi connectivity index (χ0v) is 11.7. The second kappa shape index (κ2) is 9.17. The number of aliphatic hydroxyl groups is 1. The van der Waals surface area contributed by atoms with Crippen LogP contribution in [0.2, 0.25) is 0 Å². The lowest BCUT2D eigenvalue weighted by Crippen LogP contribution is -2.27. The Hall–Kier alpha value is -1.79. The number of carbonyl (C=O) groups is 1. The summed E-state index contributed by atoms with van der Waals surface area (Å²) in [5, 5.41) is 11.3. The van der Waals surface area contributed by atoms with Crippen molar-refractivity contribution >= 4 is 11.6 Å². The number of benzene rings is 1. The van der Waals surface area contributed by atoms with Gasteiger partial charge in [0, 0.05) is 13.0 Å². The number of ether oxygens (including phenoxy) is 2. The van der Waals surface area contributed by atoms with Crippen LogP contribution in [-0.4, -0.2) is 44.5 Å². The molecule has 0 atom stereocenters. The van der Waals surface area contributed by atoms with Gasteiger partial charge in [0.15, 0.2) is 0 Å². The Morgan fingerprint density at radius 1 is 1.40 bits per heavy atom. The number of carbonyl (C=O) groups excluding carboxylic acids is 1. The van der Waals surface area contributed by atoms with E-state index in [2.05, 4.69) is 5.32 Å². The second-order valence-electron chi connectivity index (χ2n) is 4.26. The summed E-state index contributed by atoms with van der Waals surface area (Å²) in [7, 11) is 1.57. The number of nitrogens with two attached hydrogens (primary N) is 1. The van der Waals surface area contributed by atoms with Gasteiger partial charge in [-0.2, -0.15) is 0 Å². The molecule has 0 aromatic heterocycles.